The molecule has 0 saturated carbocycles. The van der Waals surface area contributed by atoms with Gasteiger partial charge in [-0.1, -0.05) is 29.8 Å². The third-order valence-corrected chi connectivity index (χ3v) is 3.35. The zero-order chi connectivity index (χ0) is 15.1. The van der Waals surface area contributed by atoms with Crippen molar-refractivity contribution >= 4 is 29.6 Å². The Kier molecular flexibility index (Phi) is 5.78. The third-order valence-electron chi connectivity index (χ3n) is 3.01. The number of ether oxygens (including phenoxy) is 2. The topological polar surface area (TPSA) is 55.8 Å². The number of morpholine rings is 1. The first-order valence-electron chi connectivity index (χ1n) is 6.62. The maximum Gasteiger partial charge on any atom is 0.331 e. The van der Waals surface area contributed by atoms with E-state index in [-0.39, 0.29) is 12.5 Å². The van der Waals surface area contributed by atoms with E-state index in [1.807, 2.05) is 6.07 Å². The number of hydrogen-bond donors (Lipinski definition) is 0. The first kappa shape index (κ1) is 15.5. The molecule has 0 bridgehead atoms. The molecule has 1 fully saturated rings. The second-order valence-corrected chi connectivity index (χ2v) is 4.86. The van der Waals surface area contributed by atoms with Crippen molar-refractivity contribution in [1.29, 1.82) is 0 Å². The molecule has 1 aromatic carbocycles. The van der Waals surface area contributed by atoms with Gasteiger partial charge in [0.2, 0.25) is 0 Å². The Balaban J connectivity index is 1.79. The van der Waals surface area contributed by atoms with Crippen LogP contribution < -0.4 is 0 Å². The summed E-state index contributed by atoms with van der Waals surface area (Å²) in [5, 5.41) is 0.547. The number of benzene rings is 1. The molecule has 1 aliphatic rings. The van der Waals surface area contributed by atoms with E-state index < -0.39 is 5.97 Å². The number of amides is 1. The fourth-order valence-electron chi connectivity index (χ4n) is 1.85. The highest BCUT2D eigenvalue weighted by Gasteiger charge is 2.17. The van der Waals surface area contributed by atoms with Gasteiger partial charge in [0.25, 0.3) is 5.91 Å². The summed E-state index contributed by atoms with van der Waals surface area (Å²) in [6.45, 7) is 1.85. The highest BCUT2D eigenvalue weighted by molar-refractivity contribution is 6.32. The predicted octanol–water partition coefficient (Wildman–Crippen LogP) is 1.76. The Bertz CT molecular complexity index is 538. The summed E-state index contributed by atoms with van der Waals surface area (Å²) in [4.78, 5) is 25.0. The van der Waals surface area contributed by atoms with Crippen LogP contribution in [0.5, 0.6) is 0 Å². The van der Waals surface area contributed by atoms with Crippen LogP contribution >= 0.6 is 11.6 Å². The standard InChI is InChI=1S/C15H16ClNO4/c16-13-4-2-1-3-12(13)5-6-15(19)21-11-14(18)17-7-9-20-10-8-17/h1-6H,7-11H2/b6-5+. The minimum Gasteiger partial charge on any atom is -0.452 e. The molecular formula is C15H16ClNO4. The Morgan fingerprint density at radius 1 is 1.29 bits per heavy atom. The fraction of sp³-hybridized carbons (Fsp3) is 0.333. The lowest BCUT2D eigenvalue weighted by Crippen LogP contribution is -2.42. The monoisotopic (exact) mass is 309 g/mol. The quantitative estimate of drug-likeness (QED) is 0.628. The maximum atomic E-state index is 11.8. The van der Waals surface area contributed by atoms with E-state index in [0.29, 0.717) is 31.3 Å². The van der Waals surface area contributed by atoms with Crippen LogP contribution in [-0.4, -0.2) is 49.7 Å². The highest BCUT2D eigenvalue weighted by Crippen LogP contribution is 2.16. The molecule has 0 radical (unpaired) electrons. The summed E-state index contributed by atoms with van der Waals surface area (Å²) in [6.07, 6.45) is 2.82. The molecular weight excluding hydrogens is 294 g/mol. The molecule has 6 heteroatoms. The van der Waals surface area contributed by atoms with Crippen molar-refractivity contribution < 1.29 is 19.1 Å². The van der Waals surface area contributed by atoms with Crippen molar-refractivity contribution in [1.82, 2.24) is 4.90 Å². The summed E-state index contributed by atoms with van der Waals surface area (Å²) in [6, 6.07) is 7.14. The number of hydrogen-bond acceptors (Lipinski definition) is 4. The SMILES string of the molecule is O=C(/C=C/c1ccccc1Cl)OCC(=O)N1CCOCC1. The molecule has 0 spiro atoms. The minimum atomic E-state index is -0.573. The van der Waals surface area contributed by atoms with Crippen LogP contribution in [0.2, 0.25) is 5.02 Å². The van der Waals surface area contributed by atoms with Gasteiger partial charge in [-0.15, -0.1) is 0 Å². The summed E-state index contributed by atoms with van der Waals surface area (Å²) in [5.41, 5.74) is 0.718. The van der Waals surface area contributed by atoms with Crippen LogP contribution in [0.4, 0.5) is 0 Å². The van der Waals surface area contributed by atoms with E-state index in [1.165, 1.54) is 6.08 Å². The molecule has 0 aliphatic carbocycles. The lowest BCUT2D eigenvalue weighted by atomic mass is 10.2. The molecule has 0 N–H and O–H groups in total. The number of nitrogens with zero attached hydrogens (tertiary/aromatic N) is 1. The van der Waals surface area contributed by atoms with E-state index in [2.05, 4.69) is 0 Å². The zero-order valence-corrected chi connectivity index (χ0v) is 12.2. The Labute approximate surface area is 128 Å². The predicted molar refractivity (Wildman–Crippen MR) is 78.8 cm³/mol. The molecule has 2 rings (SSSR count). The summed E-state index contributed by atoms with van der Waals surface area (Å²) in [7, 11) is 0. The summed E-state index contributed by atoms with van der Waals surface area (Å²) < 4.78 is 10.1. The van der Waals surface area contributed by atoms with Gasteiger partial charge in [-0.3, -0.25) is 4.79 Å². The van der Waals surface area contributed by atoms with Gasteiger partial charge in [0.05, 0.1) is 13.2 Å². The lowest BCUT2D eigenvalue weighted by Gasteiger charge is -2.26. The third kappa shape index (κ3) is 4.88. The molecule has 1 heterocycles. The lowest BCUT2D eigenvalue weighted by molar-refractivity contribution is -0.150. The number of esters is 1. The van der Waals surface area contributed by atoms with Gasteiger partial charge < -0.3 is 14.4 Å². The Hall–Kier alpha value is -1.85. The van der Waals surface area contributed by atoms with Gasteiger partial charge in [-0.05, 0) is 17.7 Å². The van der Waals surface area contributed by atoms with E-state index >= 15 is 0 Å². The van der Waals surface area contributed by atoms with Crippen molar-refractivity contribution in [2.24, 2.45) is 0 Å². The second kappa shape index (κ2) is 7.81. The van der Waals surface area contributed by atoms with Crippen LogP contribution in [0.15, 0.2) is 30.3 Å². The molecule has 1 aliphatic heterocycles. The first-order chi connectivity index (χ1) is 10.2. The largest absolute Gasteiger partial charge is 0.452 e. The van der Waals surface area contributed by atoms with Crippen molar-refractivity contribution in [3.63, 3.8) is 0 Å². The minimum absolute atomic E-state index is 0.210. The summed E-state index contributed by atoms with van der Waals surface area (Å²) >= 11 is 5.96. The van der Waals surface area contributed by atoms with Crippen LogP contribution in [0.3, 0.4) is 0 Å². The molecule has 1 amide bonds. The van der Waals surface area contributed by atoms with Gasteiger partial charge in [-0.2, -0.15) is 0 Å². The van der Waals surface area contributed by atoms with E-state index in [4.69, 9.17) is 21.1 Å². The van der Waals surface area contributed by atoms with Crippen LogP contribution in [0.1, 0.15) is 5.56 Å². The van der Waals surface area contributed by atoms with E-state index in [1.54, 1.807) is 29.2 Å². The number of halogens is 1. The van der Waals surface area contributed by atoms with Gasteiger partial charge in [-0.25, -0.2) is 4.79 Å². The zero-order valence-electron chi connectivity index (χ0n) is 11.5. The van der Waals surface area contributed by atoms with Crippen molar-refractivity contribution in [3.8, 4) is 0 Å². The van der Waals surface area contributed by atoms with Gasteiger partial charge >= 0.3 is 5.97 Å². The van der Waals surface area contributed by atoms with Gasteiger partial charge in [0.1, 0.15) is 0 Å². The number of rotatable bonds is 4. The van der Waals surface area contributed by atoms with Crippen molar-refractivity contribution in [2.75, 3.05) is 32.9 Å². The number of carbonyl (C=O) groups is 2. The molecule has 5 nitrogen and oxygen atoms in total. The van der Waals surface area contributed by atoms with Crippen LogP contribution in [0.25, 0.3) is 6.08 Å². The highest BCUT2D eigenvalue weighted by atomic mass is 35.5. The Morgan fingerprint density at radius 2 is 2.00 bits per heavy atom. The molecule has 0 atom stereocenters. The molecule has 112 valence electrons. The van der Waals surface area contributed by atoms with Crippen molar-refractivity contribution in [2.45, 2.75) is 0 Å². The Morgan fingerprint density at radius 3 is 2.71 bits per heavy atom. The molecule has 0 aromatic heterocycles. The smallest absolute Gasteiger partial charge is 0.331 e. The molecule has 21 heavy (non-hydrogen) atoms. The molecule has 1 aromatic rings. The average Bonchev–Trinajstić information content (AvgIpc) is 2.52. The van der Waals surface area contributed by atoms with Gasteiger partial charge in [0.15, 0.2) is 6.61 Å². The summed E-state index contributed by atoms with van der Waals surface area (Å²) in [5.74, 6) is -0.783. The normalized spacial score (nSPS) is 15.2. The van der Waals surface area contributed by atoms with Crippen LogP contribution in [-0.2, 0) is 19.1 Å². The van der Waals surface area contributed by atoms with Gasteiger partial charge in [0, 0.05) is 24.2 Å². The molecule has 1 saturated heterocycles. The second-order valence-electron chi connectivity index (χ2n) is 4.46. The van der Waals surface area contributed by atoms with E-state index in [0.717, 1.165) is 5.56 Å². The number of carbonyl (C=O) groups excluding carboxylic acids is 2. The average molecular weight is 310 g/mol. The van der Waals surface area contributed by atoms with E-state index in [9.17, 15) is 9.59 Å². The van der Waals surface area contributed by atoms with Crippen LogP contribution in [0, 0.1) is 0 Å². The van der Waals surface area contributed by atoms with Crippen molar-refractivity contribution in [3.05, 3.63) is 40.9 Å². The maximum absolute atomic E-state index is 11.8. The molecule has 0 unspecified atom stereocenters. The first-order valence-corrected chi connectivity index (χ1v) is 6.99. The fourth-order valence-corrected chi connectivity index (χ4v) is 2.05.